The van der Waals surface area contributed by atoms with Gasteiger partial charge in [-0.2, -0.15) is 0 Å². The number of rotatable bonds is 3. The molecule has 0 radical (unpaired) electrons. The molecule has 0 amide bonds. The van der Waals surface area contributed by atoms with Crippen molar-refractivity contribution >= 4 is 23.3 Å². The molecule has 0 bridgehead atoms. The SMILES string of the molecule is Nc1ccc(C(=O)[O-])cc1.Nc1ccc(C(=O)[O-])cc1.[Zn+2].c1ccc(-c2ccccn2)nc1. The maximum atomic E-state index is 10.2. The van der Waals surface area contributed by atoms with Crippen molar-refractivity contribution in [3.8, 4) is 11.4 Å². The van der Waals surface area contributed by atoms with Crippen molar-refractivity contribution in [1.29, 1.82) is 0 Å². The van der Waals surface area contributed by atoms with Crippen molar-refractivity contribution in [3.05, 3.63) is 108 Å². The van der Waals surface area contributed by atoms with E-state index in [0.717, 1.165) is 11.4 Å². The van der Waals surface area contributed by atoms with Gasteiger partial charge in [-0.1, -0.05) is 36.4 Å². The Labute approximate surface area is 203 Å². The second-order valence-electron chi connectivity index (χ2n) is 6.25. The molecular formula is C24H20N4O4Zn. The zero-order valence-electron chi connectivity index (χ0n) is 17.6. The monoisotopic (exact) mass is 492 g/mol. The summed E-state index contributed by atoms with van der Waals surface area (Å²) >= 11 is 0. The van der Waals surface area contributed by atoms with E-state index in [9.17, 15) is 19.8 Å². The molecule has 0 saturated heterocycles. The van der Waals surface area contributed by atoms with Gasteiger partial charge in [0, 0.05) is 23.8 Å². The van der Waals surface area contributed by atoms with Gasteiger partial charge in [-0.05, 0) is 59.7 Å². The van der Waals surface area contributed by atoms with Crippen molar-refractivity contribution in [2.75, 3.05) is 11.5 Å². The van der Waals surface area contributed by atoms with Crippen molar-refractivity contribution in [3.63, 3.8) is 0 Å². The molecule has 0 fully saturated rings. The fourth-order valence-electron chi connectivity index (χ4n) is 2.27. The molecular weight excluding hydrogens is 474 g/mol. The molecule has 0 atom stereocenters. The van der Waals surface area contributed by atoms with E-state index in [4.69, 9.17) is 11.5 Å². The van der Waals surface area contributed by atoms with Gasteiger partial charge in [-0.3, -0.25) is 9.97 Å². The molecule has 0 spiro atoms. The first kappa shape index (κ1) is 26.9. The standard InChI is InChI=1S/C10H8N2.2C7H7NO2.Zn/c1-3-7-11-9(5-1)10-6-2-4-8-12-10;2*8-6-3-1-5(2-4-6)7(9)10;/h1-8H;2*1-4H,8H2,(H,9,10);/q;;;+2/p-2. The normalized spacial score (nSPS) is 9.09. The molecule has 8 nitrogen and oxygen atoms in total. The maximum Gasteiger partial charge on any atom is 2.00 e. The summed E-state index contributed by atoms with van der Waals surface area (Å²) in [6.07, 6.45) is 3.54. The molecule has 33 heavy (non-hydrogen) atoms. The molecule has 0 saturated carbocycles. The van der Waals surface area contributed by atoms with Crippen molar-refractivity contribution in [1.82, 2.24) is 9.97 Å². The summed E-state index contributed by atoms with van der Waals surface area (Å²) in [5.41, 5.74) is 13.8. The fraction of sp³-hybridized carbons (Fsp3) is 0. The van der Waals surface area contributed by atoms with E-state index >= 15 is 0 Å². The van der Waals surface area contributed by atoms with E-state index in [-0.39, 0.29) is 30.6 Å². The molecule has 4 N–H and O–H groups in total. The van der Waals surface area contributed by atoms with Crippen molar-refractivity contribution in [2.45, 2.75) is 0 Å². The average Bonchev–Trinajstić information content (AvgIpc) is 2.82. The number of nitrogens with two attached hydrogens (primary N) is 2. The summed E-state index contributed by atoms with van der Waals surface area (Å²) in [6.45, 7) is 0. The zero-order chi connectivity index (χ0) is 23.3. The molecule has 2 aromatic heterocycles. The number of anilines is 2. The van der Waals surface area contributed by atoms with E-state index in [0.29, 0.717) is 11.4 Å². The molecule has 0 unspecified atom stereocenters. The van der Waals surface area contributed by atoms with Crippen LogP contribution < -0.4 is 21.7 Å². The minimum absolute atomic E-state index is 0. The Morgan fingerprint density at radius 1 is 0.576 bits per heavy atom. The van der Waals surface area contributed by atoms with Gasteiger partial charge in [0.1, 0.15) is 0 Å². The summed E-state index contributed by atoms with van der Waals surface area (Å²) < 4.78 is 0. The fourth-order valence-corrected chi connectivity index (χ4v) is 2.27. The Morgan fingerprint density at radius 2 is 0.909 bits per heavy atom. The third-order valence-electron chi connectivity index (χ3n) is 3.88. The number of benzene rings is 2. The van der Waals surface area contributed by atoms with Gasteiger partial charge in [0.05, 0.1) is 23.3 Å². The molecule has 9 heteroatoms. The summed E-state index contributed by atoms with van der Waals surface area (Å²) in [5.74, 6) is -2.36. The van der Waals surface area contributed by atoms with Crippen LogP contribution in [-0.2, 0) is 19.5 Å². The number of aromatic carboxylic acids is 2. The van der Waals surface area contributed by atoms with Gasteiger partial charge in [-0.25, -0.2) is 0 Å². The van der Waals surface area contributed by atoms with Crippen LogP contribution in [0.1, 0.15) is 20.7 Å². The Morgan fingerprint density at radius 3 is 1.15 bits per heavy atom. The molecule has 2 heterocycles. The first-order valence-electron chi connectivity index (χ1n) is 9.33. The van der Waals surface area contributed by atoms with Crippen LogP contribution in [0.3, 0.4) is 0 Å². The number of carbonyl (C=O) groups excluding carboxylic acids is 2. The number of hydrogen-bond acceptors (Lipinski definition) is 8. The number of carboxylic acids is 2. The number of aromatic nitrogens is 2. The molecule has 4 rings (SSSR count). The third kappa shape index (κ3) is 9.71. The van der Waals surface area contributed by atoms with Crippen molar-refractivity contribution in [2.24, 2.45) is 0 Å². The van der Waals surface area contributed by atoms with Crippen LogP contribution in [0.5, 0.6) is 0 Å². The van der Waals surface area contributed by atoms with E-state index < -0.39 is 11.9 Å². The summed E-state index contributed by atoms with van der Waals surface area (Å²) in [6, 6.07) is 23.3. The van der Waals surface area contributed by atoms with Crippen LogP contribution in [0.25, 0.3) is 11.4 Å². The topological polar surface area (TPSA) is 158 Å². The van der Waals surface area contributed by atoms with Gasteiger partial charge in [0.25, 0.3) is 0 Å². The predicted octanol–water partition coefficient (Wildman–Crippen LogP) is 1.41. The van der Waals surface area contributed by atoms with Crippen molar-refractivity contribution < 1.29 is 39.3 Å². The third-order valence-corrected chi connectivity index (χ3v) is 3.88. The summed E-state index contributed by atoms with van der Waals surface area (Å²) in [5, 5.41) is 20.3. The van der Waals surface area contributed by atoms with E-state index in [2.05, 4.69) is 9.97 Å². The molecule has 2 aromatic carbocycles. The molecule has 0 aliphatic rings. The van der Waals surface area contributed by atoms with Gasteiger partial charge in [0.15, 0.2) is 0 Å². The summed E-state index contributed by atoms with van der Waals surface area (Å²) in [7, 11) is 0. The first-order chi connectivity index (χ1) is 15.4. The second-order valence-corrected chi connectivity index (χ2v) is 6.25. The number of nitrogens with zero attached hydrogens (tertiary/aromatic N) is 2. The van der Waals surface area contributed by atoms with Gasteiger partial charge >= 0.3 is 19.5 Å². The maximum absolute atomic E-state index is 10.2. The van der Waals surface area contributed by atoms with Crippen LogP contribution in [-0.4, -0.2) is 21.9 Å². The molecule has 0 aliphatic carbocycles. The number of pyridine rings is 2. The first-order valence-corrected chi connectivity index (χ1v) is 9.33. The Hall–Kier alpha value is -4.10. The second kappa shape index (κ2) is 14.1. The van der Waals surface area contributed by atoms with Gasteiger partial charge in [-0.15, -0.1) is 0 Å². The number of carboxylic acid groups (broad SMARTS) is 2. The Bertz CT molecular complexity index is 1030. The van der Waals surface area contributed by atoms with Crippen LogP contribution in [0.4, 0.5) is 11.4 Å². The van der Waals surface area contributed by atoms with E-state index in [1.807, 2.05) is 36.4 Å². The number of carbonyl (C=O) groups is 2. The number of hydrogen-bond donors (Lipinski definition) is 2. The predicted molar refractivity (Wildman–Crippen MR) is 118 cm³/mol. The average molecular weight is 494 g/mol. The molecule has 4 aromatic rings. The smallest absolute Gasteiger partial charge is 0.545 e. The Kier molecular flexibility index (Phi) is 11.5. The van der Waals surface area contributed by atoms with E-state index in [1.165, 1.54) is 48.5 Å². The van der Waals surface area contributed by atoms with Gasteiger partial charge in [0.2, 0.25) is 0 Å². The zero-order valence-corrected chi connectivity index (χ0v) is 20.6. The van der Waals surface area contributed by atoms with E-state index in [1.54, 1.807) is 12.4 Å². The molecule has 162 valence electrons. The van der Waals surface area contributed by atoms with Crippen LogP contribution in [0, 0.1) is 0 Å². The largest absolute Gasteiger partial charge is 2.00 e. The van der Waals surface area contributed by atoms with Crippen LogP contribution in [0.2, 0.25) is 0 Å². The molecule has 0 aliphatic heterocycles. The van der Waals surface area contributed by atoms with Crippen LogP contribution in [0.15, 0.2) is 97.3 Å². The van der Waals surface area contributed by atoms with Gasteiger partial charge < -0.3 is 31.3 Å². The van der Waals surface area contributed by atoms with Crippen LogP contribution >= 0.6 is 0 Å². The minimum atomic E-state index is -1.18. The number of nitrogen functional groups attached to an aromatic ring is 2. The quantitative estimate of drug-likeness (QED) is 0.320. The summed E-state index contributed by atoms with van der Waals surface area (Å²) in [4.78, 5) is 28.7. The Balaban J connectivity index is 0.000000246. The minimum Gasteiger partial charge on any atom is -0.545 e.